The number of nitro benzene ring substituents is 1. The minimum Gasteiger partial charge on any atom is -0.383 e. The predicted molar refractivity (Wildman–Crippen MR) is 134 cm³/mol. The number of aromatic nitrogens is 5. The highest BCUT2D eigenvalue weighted by Gasteiger charge is 2.18. The van der Waals surface area contributed by atoms with Crippen LogP contribution in [0.25, 0.3) is 22.3 Å². The Morgan fingerprint density at radius 3 is 2.64 bits per heavy atom. The first kappa shape index (κ1) is 22.6. The van der Waals surface area contributed by atoms with Gasteiger partial charge in [0.1, 0.15) is 23.7 Å². The van der Waals surface area contributed by atoms with Gasteiger partial charge >= 0.3 is 0 Å². The number of nitrogens with zero attached hydrogens (tertiary/aromatic N) is 6. The van der Waals surface area contributed by atoms with Crippen molar-refractivity contribution < 1.29 is 9.72 Å². The lowest BCUT2D eigenvalue weighted by Gasteiger charge is -2.06. The van der Waals surface area contributed by atoms with Crippen LogP contribution in [0.4, 0.5) is 17.3 Å². The molecule has 11 nitrogen and oxygen atoms in total. The quantitative estimate of drug-likeness (QED) is 0.273. The number of carbonyl (C=O) groups excluding carboxylic acids is 1. The second kappa shape index (κ2) is 9.22. The number of aryl methyl sites for hydroxylation is 1. The monoisotopic (exact) mass is 480 g/mol. The van der Waals surface area contributed by atoms with Crippen molar-refractivity contribution in [2.24, 2.45) is 0 Å². The first-order chi connectivity index (χ1) is 17.4. The first-order valence-electron chi connectivity index (χ1n) is 10.9. The van der Waals surface area contributed by atoms with Crippen LogP contribution in [0.5, 0.6) is 0 Å². The zero-order valence-corrected chi connectivity index (χ0v) is 19.1. The van der Waals surface area contributed by atoms with E-state index in [0.717, 1.165) is 5.56 Å². The van der Waals surface area contributed by atoms with E-state index in [1.165, 1.54) is 18.5 Å². The highest BCUT2D eigenvalue weighted by atomic mass is 16.6. The summed E-state index contributed by atoms with van der Waals surface area (Å²) in [5.41, 5.74) is 10.0. The van der Waals surface area contributed by atoms with Gasteiger partial charge in [0.25, 0.3) is 11.6 Å². The van der Waals surface area contributed by atoms with Gasteiger partial charge in [-0.2, -0.15) is 5.10 Å². The summed E-state index contributed by atoms with van der Waals surface area (Å²) in [4.78, 5) is 36.0. The summed E-state index contributed by atoms with van der Waals surface area (Å²) in [6, 6.07) is 16.9. The van der Waals surface area contributed by atoms with Crippen LogP contribution in [0.15, 0.2) is 73.2 Å². The number of nitrogen functional groups attached to an aromatic ring is 1. The highest BCUT2D eigenvalue weighted by Crippen LogP contribution is 2.31. The molecule has 1 amide bonds. The number of anilines is 2. The SMILES string of the molecule is Cc1ccnc(NC(=O)c2ccc(-c3nn(Cc4cccc([N+](=O)[O-])c4)c4ncnc(N)c34)cc2)c1. The molecule has 3 aromatic heterocycles. The lowest BCUT2D eigenvalue weighted by atomic mass is 10.1. The molecule has 0 spiro atoms. The van der Waals surface area contributed by atoms with E-state index in [4.69, 9.17) is 10.8 Å². The molecule has 2 aromatic carbocycles. The van der Waals surface area contributed by atoms with Crippen molar-refractivity contribution in [2.45, 2.75) is 13.5 Å². The van der Waals surface area contributed by atoms with Gasteiger partial charge < -0.3 is 11.1 Å². The molecule has 0 atom stereocenters. The number of benzene rings is 2. The molecule has 5 aromatic rings. The molecule has 5 rings (SSSR count). The lowest BCUT2D eigenvalue weighted by molar-refractivity contribution is -0.384. The van der Waals surface area contributed by atoms with Crippen LogP contribution in [-0.4, -0.2) is 35.6 Å². The number of carbonyl (C=O) groups is 1. The maximum Gasteiger partial charge on any atom is 0.269 e. The van der Waals surface area contributed by atoms with Crippen molar-refractivity contribution in [3.8, 4) is 11.3 Å². The Morgan fingerprint density at radius 2 is 1.89 bits per heavy atom. The average Bonchev–Trinajstić information content (AvgIpc) is 3.24. The molecule has 0 aliphatic heterocycles. The molecular formula is C25H20N8O3. The largest absolute Gasteiger partial charge is 0.383 e. The predicted octanol–water partition coefficient (Wildman–Crippen LogP) is 3.99. The molecule has 0 unspecified atom stereocenters. The third kappa shape index (κ3) is 4.44. The molecule has 36 heavy (non-hydrogen) atoms. The number of hydrogen-bond donors (Lipinski definition) is 2. The van der Waals surface area contributed by atoms with E-state index in [1.54, 1.807) is 53.3 Å². The molecule has 0 saturated heterocycles. The number of pyridine rings is 1. The van der Waals surface area contributed by atoms with Crippen molar-refractivity contribution in [1.82, 2.24) is 24.7 Å². The second-order valence-corrected chi connectivity index (χ2v) is 8.14. The Labute approximate surface area is 204 Å². The van der Waals surface area contributed by atoms with E-state index >= 15 is 0 Å². The molecule has 0 radical (unpaired) electrons. The molecule has 0 aliphatic rings. The Balaban J connectivity index is 1.47. The Bertz CT molecular complexity index is 1610. The highest BCUT2D eigenvalue weighted by molar-refractivity contribution is 6.04. The Kier molecular flexibility index (Phi) is 5.79. The maximum absolute atomic E-state index is 12.7. The van der Waals surface area contributed by atoms with Gasteiger partial charge in [-0.25, -0.2) is 19.6 Å². The molecule has 178 valence electrons. The smallest absolute Gasteiger partial charge is 0.269 e. The zero-order chi connectivity index (χ0) is 25.2. The van der Waals surface area contributed by atoms with E-state index in [1.807, 2.05) is 13.0 Å². The van der Waals surface area contributed by atoms with Crippen LogP contribution in [0.1, 0.15) is 21.5 Å². The van der Waals surface area contributed by atoms with Crippen molar-refractivity contribution in [3.05, 3.63) is 100.0 Å². The number of fused-ring (bicyclic) bond motifs is 1. The van der Waals surface area contributed by atoms with Crippen molar-refractivity contribution in [3.63, 3.8) is 0 Å². The van der Waals surface area contributed by atoms with Gasteiger partial charge in [0.15, 0.2) is 5.65 Å². The number of nitrogens with two attached hydrogens (primary N) is 1. The molecule has 11 heteroatoms. The van der Waals surface area contributed by atoms with Gasteiger partial charge in [0.05, 0.1) is 16.9 Å². The van der Waals surface area contributed by atoms with Gasteiger partial charge in [-0.1, -0.05) is 24.3 Å². The van der Waals surface area contributed by atoms with Gasteiger partial charge in [0.2, 0.25) is 0 Å². The minimum absolute atomic E-state index is 0.00643. The minimum atomic E-state index is -0.441. The molecular weight excluding hydrogens is 460 g/mol. The number of amides is 1. The molecule has 0 bridgehead atoms. The van der Waals surface area contributed by atoms with Crippen molar-refractivity contribution in [2.75, 3.05) is 11.1 Å². The fraction of sp³-hybridized carbons (Fsp3) is 0.0800. The topological polar surface area (TPSA) is 155 Å². The van der Waals surface area contributed by atoms with Crippen LogP contribution >= 0.6 is 0 Å². The van der Waals surface area contributed by atoms with Gasteiger partial charge in [-0.15, -0.1) is 0 Å². The van der Waals surface area contributed by atoms with E-state index in [2.05, 4.69) is 20.3 Å². The molecule has 0 fully saturated rings. The Morgan fingerprint density at radius 1 is 1.08 bits per heavy atom. The molecule has 3 N–H and O–H groups in total. The number of rotatable bonds is 6. The summed E-state index contributed by atoms with van der Waals surface area (Å²) >= 11 is 0. The maximum atomic E-state index is 12.7. The van der Waals surface area contributed by atoms with Crippen LogP contribution < -0.4 is 11.1 Å². The third-order valence-corrected chi connectivity index (χ3v) is 5.59. The summed E-state index contributed by atoms with van der Waals surface area (Å²) in [6.07, 6.45) is 2.98. The molecule has 3 heterocycles. The van der Waals surface area contributed by atoms with E-state index in [9.17, 15) is 14.9 Å². The number of non-ortho nitro benzene ring substituents is 1. The number of nitro groups is 1. The van der Waals surface area contributed by atoms with Crippen molar-refractivity contribution >= 4 is 34.3 Å². The summed E-state index contributed by atoms with van der Waals surface area (Å²) in [6.45, 7) is 2.17. The van der Waals surface area contributed by atoms with Crippen LogP contribution in [-0.2, 0) is 6.54 Å². The average molecular weight is 480 g/mol. The Hall–Kier alpha value is -5.19. The van der Waals surface area contributed by atoms with Gasteiger partial charge in [0, 0.05) is 29.5 Å². The van der Waals surface area contributed by atoms with Crippen LogP contribution in [0.3, 0.4) is 0 Å². The second-order valence-electron chi connectivity index (χ2n) is 8.14. The van der Waals surface area contributed by atoms with Crippen LogP contribution in [0.2, 0.25) is 0 Å². The summed E-state index contributed by atoms with van der Waals surface area (Å²) in [7, 11) is 0. The third-order valence-electron chi connectivity index (χ3n) is 5.59. The van der Waals surface area contributed by atoms with Crippen LogP contribution in [0, 0.1) is 17.0 Å². The fourth-order valence-electron chi connectivity index (χ4n) is 3.86. The number of hydrogen-bond acceptors (Lipinski definition) is 8. The lowest BCUT2D eigenvalue weighted by Crippen LogP contribution is -2.12. The first-order valence-corrected chi connectivity index (χ1v) is 10.9. The molecule has 0 aliphatic carbocycles. The van der Waals surface area contributed by atoms with Gasteiger partial charge in [-0.05, 0) is 42.3 Å². The van der Waals surface area contributed by atoms with E-state index < -0.39 is 4.92 Å². The van der Waals surface area contributed by atoms with E-state index in [-0.39, 0.29) is 24.0 Å². The van der Waals surface area contributed by atoms with Gasteiger partial charge in [-0.3, -0.25) is 14.9 Å². The summed E-state index contributed by atoms with van der Waals surface area (Å²) in [5, 5.41) is 19.2. The normalized spacial score (nSPS) is 10.9. The summed E-state index contributed by atoms with van der Waals surface area (Å²) < 4.78 is 1.63. The zero-order valence-electron chi connectivity index (χ0n) is 19.1. The van der Waals surface area contributed by atoms with E-state index in [0.29, 0.717) is 39.2 Å². The molecule has 0 saturated carbocycles. The summed E-state index contributed by atoms with van der Waals surface area (Å²) in [5.74, 6) is 0.441. The standard InChI is InChI=1S/C25H20N8O3/c1-15-9-10-27-20(11-15)30-25(34)18-7-5-17(6-8-18)22-21-23(26)28-14-29-24(21)32(31-22)13-16-3-2-4-19(12-16)33(35)36/h2-12,14H,13H2,1H3,(H2,26,28,29)(H,27,30,34). The van der Waals surface area contributed by atoms with Crippen molar-refractivity contribution in [1.29, 1.82) is 0 Å². The number of nitrogens with one attached hydrogen (secondary N) is 1. The fourth-order valence-corrected chi connectivity index (χ4v) is 3.86.